The van der Waals surface area contributed by atoms with Gasteiger partial charge in [0.25, 0.3) is 0 Å². The predicted octanol–water partition coefficient (Wildman–Crippen LogP) is 2.33. The Morgan fingerprint density at radius 2 is 2.07 bits per heavy atom. The van der Waals surface area contributed by atoms with Gasteiger partial charge in [-0.05, 0) is 18.1 Å². The predicted molar refractivity (Wildman–Crippen MR) is 58.4 cm³/mol. The number of rotatable bonds is 3. The number of aromatic amines is 1. The Balaban J connectivity index is 2.53. The highest BCUT2D eigenvalue weighted by Gasteiger charge is 2.37. The molecule has 1 aromatic heterocycles. The Labute approximate surface area is 86.2 Å². The number of aromatic nitrogens is 3. The lowest BCUT2D eigenvalue weighted by atomic mass is 10.2. The van der Waals surface area contributed by atoms with Crippen LogP contribution in [0.1, 0.15) is 26.6 Å². The second-order valence-corrected chi connectivity index (χ2v) is 9.79. The molecule has 1 heterocycles. The quantitative estimate of drug-likeness (QED) is 0.784. The molecule has 0 fully saturated rings. The lowest BCUT2D eigenvalue weighted by Gasteiger charge is -2.35. The van der Waals surface area contributed by atoms with Crippen LogP contribution in [0.2, 0.25) is 18.1 Å². The van der Waals surface area contributed by atoms with E-state index in [2.05, 4.69) is 49.0 Å². The first-order valence-corrected chi connectivity index (χ1v) is 7.72. The van der Waals surface area contributed by atoms with E-state index in [1.165, 1.54) is 6.33 Å². The molecule has 0 aliphatic rings. The summed E-state index contributed by atoms with van der Waals surface area (Å²) < 4.78 is 5.94. The minimum atomic E-state index is -1.65. The van der Waals surface area contributed by atoms with Crippen molar-refractivity contribution in [2.24, 2.45) is 0 Å². The number of nitrogens with zero attached hydrogens (tertiary/aromatic N) is 2. The van der Waals surface area contributed by atoms with E-state index in [1.54, 1.807) is 0 Å². The molecule has 5 heteroatoms. The minimum absolute atomic E-state index is 0.243. The second kappa shape index (κ2) is 3.82. The summed E-state index contributed by atoms with van der Waals surface area (Å²) in [6.07, 6.45) is 1.50. The normalized spacial score (nSPS) is 13.2. The van der Waals surface area contributed by atoms with Crippen LogP contribution in [0.25, 0.3) is 0 Å². The Kier molecular flexibility index (Phi) is 3.11. The van der Waals surface area contributed by atoms with Crippen molar-refractivity contribution in [2.75, 3.05) is 0 Å². The SMILES string of the molecule is CC(C)(C)[Si](C)(C)OCc1ncn[nH]1. The van der Waals surface area contributed by atoms with Gasteiger partial charge in [0.05, 0.1) is 6.61 Å². The van der Waals surface area contributed by atoms with Crippen LogP contribution in [0, 0.1) is 0 Å². The molecule has 0 spiro atoms. The van der Waals surface area contributed by atoms with Crippen LogP contribution in [0.5, 0.6) is 0 Å². The lowest BCUT2D eigenvalue weighted by Crippen LogP contribution is -2.40. The molecule has 0 aliphatic heterocycles. The van der Waals surface area contributed by atoms with Crippen LogP contribution in [0.15, 0.2) is 6.33 Å². The van der Waals surface area contributed by atoms with Gasteiger partial charge in [-0.25, -0.2) is 4.98 Å². The van der Waals surface area contributed by atoms with E-state index in [0.29, 0.717) is 6.61 Å². The van der Waals surface area contributed by atoms with Crippen LogP contribution >= 0.6 is 0 Å². The number of hydrogen-bond acceptors (Lipinski definition) is 3. The molecule has 80 valence electrons. The highest BCUT2D eigenvalue weighted by molar-refractivity contribution is 6.74. The fourth-order valence-corrected chi connectivity index (χ4v) is 1.70. The van der Waals surface area contributed by atoms with Crippen LogP contribution in [-0.4, -0.2) is 23.5 Å². The van der Waals surface area contributed by atoms with Crippen LogP contribution in [0.4, 0.5) is 0 Å². The molecule has 1 N–H and O–H groups in total. The van der Waals surface area contributed by atoms with E-state index >= 15 is 0 Å². The molecule has 0 unspecified atom stereocenters. The van der Waals surface area contributed by atoms with Crippen molar-refractivity contribution in [1.82, 2.24) is 15.2 Å². The minimum Gasteiger partial charge on any atom is -0.409 e. The van der Waals surface area contributed by atoms with E-state index in [-0.39, 0.29) is 5.04 Å². The first-order chi connectivity index (χ1) is 6.33. The lowest BCUT2D eigenvalue weighted by molar-refractivity contribution is 0.268. The van der Waals surface area contributed by atoms with E-state index < -0.39 is 8.32 Å². The van der Waals surface area contributed by atoms with Gasteiger partial charge in [0.2, 0.25) is 0 Å². The number of H-pyrrole nitrogens is 1. The van der Waals surface area contributed by atoms with E-state index in [4.69, 9.17) is 4.43 Å². The summed E-state index contributed by atoms with van der Waals surface area (Å²) in [5.74, 6) is 0.801. The molecule has 14 heavy (non-hydrogen) atoms. The topological polar surface area (TPSA) is 50.8 Å². The number of hydrogen-bond donors (Lipinski definition) is 1. The fourth-order valence-electron chi connectivity index (χ4n) is 0.766. The third-order valence-corrected chi connectivity index (χ3v) is 7.32. The maximum atomic E-state index is 5.94. The fraction of sp³-hybridized carbons (Fsp3) is 0.778. The van der Waals surface area contributed by atoms with Gasteiger partial charge in [0.15, 0.2) is 8.32 Å². The highest BCUT2D eigenvalue weighted by Crippen LogP contribution is 2.36. The molecule has 0 amide bonds. The Morgan fingerprint density at radius 3 is 2.50 bits per heavy atom. The summed E-state index contributed by atoms with van der Waals surface area (Å²) in [5, 5.41) is 6.82. The highest BCUT2D eigenvalue weighted by atomic mass is 28.4. The van der Waals surface area contributed by atoms with Crippen molar-refractivity contribution < 1.29 is 4.43 Å². The average molecular weight is 213 g/mol. The summed E-state index contributed by atoms with van der Waals surface area (Å²) in [6, 6.07) is 0. The molecule has 1 aromatic rings. The summed E-state index contributed by atoms with van der Waals surface area (Å²) >= 11 is 0. The van der Waals surface area contributed by atoms with Crippen LogP contribution in [0.3, 0.4) is 0 Å². The smallest absolute Gasteiger partial charge is 0.192 e. The molecule has 0 bridgehead atoms. The van der Waals surface area contributed by atoms with Gasteiger partial charge in [0, 0.05) is 0 Å². The standard InChI is InChI=1S/C9H19N3OSi/c1-9(2,3)14(4,5)13-6-8-10-7-11-12-8/h7H,6H2,1-5H3,(H,10,11,12). The van der Waals surface area contributed by atoms with Crippen molar-refractivity contribution in [3.05, 3.63) is 12.2 Å². The molecular weight excluding hydrogens is 194 g/mol. The third-order valence-electron chi connectivity index (χ3n) is 2.84. The van der Waals surface area contributed by atoms with Crippen molar-refractivity contribution in [3.8, 4) is 0 Å². The van der Waals surface area contributed by atoms with E-state index in [1.807, 2.05) is 0 Å². The van der Waals surface area contributed by atoms with Gasteiger partial charge < -0.3 is 4.43 Å². The second-order valence-electron chi connectivity index (χ2n) is 4.98. The molecule has 0 radical (unpaired) electrons. The molecule has 0 aliphatic carbocycles. The van der Waals surface area contributed by atoms with Crippen molar-refractivity contribution in [3.63, 3.8) is 0 Å². The zero-order valence-electron chi connectivity index (χ0n) is 9.59. The Bertz CT molecular complexity index is 277. The van der Waals surface area contributed by atoms with E-state index in [9.17, 15) is 0 Å². The van der Waals surface area contributed by atoms with Gasteiger partial charge in [-0.1, -0.05) is 20.8 Å². The van der Waals surface area contributed by atoms with Gasteiger partial charge in [-0.2, -0.15) is 5.10 Å². The molecule has 0 saturated carbocycles. The summed E-state index contributed by atoms with van der Waals surface area (Å²) in [5.41, 5.74) is 0. The van der Waals surface area contributed by atoms with Crippen molar-refractivity contribution in [2.45, 2.75) is 45.5 Å². The van der Waals surface area contributed by atoms with Crippen LogP contribution in [-0.2, 0) is 11.0 Å². The Morgan fingerprint density at radius 1 is 1.43 bits per heavy atom. The molecular formula is C9H19N3OSi. The maximum Gasteiger partial charge on any atom is 0.192 e. The third kappa shape index (κ3) is 2.65. The first kappa shape index (κ1) is 11.4. The first-order valence-electron chi connectivity index (χ1n) is 4.81. The van der Waals surface area contributed by atoms with Gasteiger partial charge in [0.1, 0.15) is 12.2 Å². The monoisotopic (exact) mass is 213 g/mol. The summed E-state index contributed by atoms with van der Waals surface area (Å²) in [4.78, 5) is 4.03. The van der Waals surface area contributed by atoms with Gasteiger partial charge in [-0.15, -0.1) is 0 Å². The maximum absolute atomic E-state index is 5.94. The molecule has 0 aromatic carbocycles. The van der Waals surface area contributed by atoms with E-state index in [0.717, 1.165) is 5.82 Å². The largest absolute Gasteiger partial charge is 0.409 e. The molecule has 1 rings (SSSR count). The average Bonchev–Trinajstić information content (AvgIpc) is 2.50. The molecule has 4 nitrogen and oxygen atoms in total. The van der Waals surface area contributed by atoms with Gasteiger partial charge >= 0.3 is 0 Å². The zero-order valence-corrected chi connectivity index (χ0v) is 10.6. The summed E-state index contributed by atoms with van der Waals surface area (Å²) in [6.45, 7) is 11.7. The molecule has 0 atom stereocenters. The summed E-state index contributed by atoms with van der Waals surface area (Å²) in [7, 11) is -1.65. The number of nitrogens with one attached hydrogen (secondary N) is 1. The van der Waals surface area contributed by atoms with Gasteiger partial charge in [-0.3, -0.25) is 5.10 Å². The molecule has 0 saturated heterocycles. The van der Waals surface area contributed by atoms with Crippen LogP contribution < -0.4 is 0 Å². The zero-order chi connectivity index (χ0) is 10.8. The van der Waals surface area contributed by atoms with Crippen molar-refractivity contribution >= 4 is 8.32 Å². The Hall–Kier alpha value is -0.683. The van der Waals surface area contributed by atoms with Crippen molar-refractivity contribution in [1.29, 1.82) is 0 Å².